The van der Waals surface area contributed by atoms with Crippen LogP contribution < -0.4 is 10.6 Å². The number of nitrogens with zero attached hydrogens (tertiary/aromatic N) is 2. The van der Waals surface area contributed by atoms with Crippen molar-refractivity contribution < 1.29 is 14.1 Å². The largest absolute Gasteiger partial charge is 0.366 e. The fourth-order valence-corrected chi connectivity index (χ4v) is 2.36. The van der Waals surface area contributed by atoms with Crippen molar-refractivity contribution in [1.82, 2.24) is 4.98 Å². The molecule has 1 heterocycles. The van der Waals surface area contributed by atoms with E-state index in [1.54, 1.807) is 30.3 Å². The van der Waals surface area contributed by atoms with Crippen LogP contribution in [0.4, 0.5) is 21.6 Å². The van der Waals surface area contributed by atoms with Crippen LogP contribution in [0.3, 0.4) is 0 Å². The van der Waals surface area contributed by atoms with Gasteiger partial charge in [0.1, 0.15) is 11.6 Å². The van der Waals surface area contributed by atoms with E-state index in [4.69, 9.17) is 0 Å². The van der Waals surface area contributed by atoms with Gasteiger partial charge in [-0.1, -0.05) is 24.3 Å². The van der Waals surface area contributed by atoms with Gasteiger partial charge in [-0.3, -0.25) is 14.9 Å². The first-order chi connectivity index (χ1) is 13.0. The Labute approximate surface area is 154 Å². The highest BCUT2D eigenvalue weighted by Crippen LogP contribution is 2.16. The van der Waals surface area contributed by atoms with E-state index in [-0.39, 0.29) is 23.6 Å². The highest BCUT2D eigenvalue weighted by Gasteiger charge is 2.12. The molecule has 2 N–H and O–H groups in total. The Morgan fingerprint density at radius 2 is 1.93 bits per heavy atom. The number of hydrogen-bond acceptors (Lipinski definition) is 5. The Kier molecular flexibility index (Phi) is 5.36. The summed E-state index contributed by atoms with van der Waals surface area (Å²) in [6, 6.07) is 15.2. The van der Waals surface area contributed by atoms with E-state index in [1.165, 1.54) is 36.5 Å². The monoisotopic (exact) mass is 366 g/mol. The molecule has 0 aliphatic rings. The number of benzene rings is 2. The highest BCUT2D eigenvalue weighted by molar-refractivity contribution is 6.04. The van der Waals surface area contributed by atoms with Crippen LogP contribution in [-0.2, 0) is 6.54 Å². The van der Waals surface area contributed by atoms with Crippen LogP contribution >= 0.6 is 0 Å². The number of non-ortho nitro benzene ring substituents is 1. The van der Waals surface area contributed by atoms with Crippen molar-refractivity contribution in [3.8, 4) is 0 Å². The Morgan fingerprint density at radius 1 is 1.11 bits per heavy atom. The van der Waals surface area contributed by atoms with Gasteiger partial charge in [0.25, 0.3) is 11.6 Å². The number of aromatic nitrogens is 1. The van der Waals surface area contributed by atoms with Crippen LogP contribution in [0.2, 0.25) is 0 Å². The summed E-state index contributed by atoms with van der Waals surface area (Å²) in [6.45, 7) is 0.277. The van der Waals surface area contributed by atoms with Gasteiger partial charge in [0.2, 0.25) is 0 Å². The third-order valence-electron chi connectivity index (χ3n) is 3.76. The summed E-state index contributed by atoms with van der Waals surface area (Å²) in [5.74, 6) is -0.259. The second kappa shape index (κ2) is 8.05. The number of anilines is 2. The zero-order chi connectivity index (χ0) is 19.2. The second-order valence-electron chi connectivity index (χ2n) is 5.64. The average Bonchev–Trinajstić information content (AvgIpc) is 2.68. The molecule has 0 fully saturated rings. The van der Waals surface area contributed by atoms with Crippen molar-refractivity contribution in [3.05, 3.63) is 93.9 Å². The zero-order valence-corrected chi connectivity index (χ0v) is 14.1. The fraction of sp³-hybridized carbons (Fsp3) is 0.0526. The SMILES string of the molecule is O=C(Nc1ccc(NCc2ccccc2F)nc1)c1cccc([N+](=O)[O-])c1. The van der Waals surface area contributed by atoms with E-state index >= 15 is 0 Å². The number of carbonyl (C=O) groups excluding carboxylic acids is 1. The van der Waals surface area contributed by atoms with Gasteiger partial charge in [-0.05, 0) is 24.3 Å². The predicted octanol–water partition coefficient (Wildman–Crippen LogP) is 3.99. The van der Waals surface area contributed by atoms with E-state index in [2.05, 4.69) is 15.6 Å². The molecule has 0 aliphatic carbocycles. The fourth-order valence-electron chi connectivity index (χ4n) is 2.36. The van der Waals surface area contributed by atoms with Crippen molar-refractivity contribution in [1.29, 1.82) is 0 Å². The summed E-state index contributed by atoms with van der Waals surface area (Å²) in [4.78, 5) is 26.6. The predicted molar refractivity (Wildman–Crippen MR) is 99.0 cm³/mol. The lowest BCUT2D eigenvalue weighted by atomic mass is 10.2. The molecule has 0 aliphatic heterocycles. The van der Waals surface area contributed by atoms with E-state index in [0.29, 0.717) is 17.1 Å². The van der Waals surface area contributed by atoms with E-state index < -0.39 is 10.8 Å². The summed E-state index contributed by atoms with van der Waals surface area (Å²) in [5, 5.41) is 16.4. The number of pyridine rings is 1. The minimum atomic E-state index is -0.561. The van der Waals surface area contributed by atoms with Crippen molar-refractivity contribution in [2.75, 3.05) is 10.6 Å². The molecule has 0 unspecified atom stereocenters. The Bertz CT molecular complexity index is 977. The van der Waals surface area contributed by atoms with Crippen LogP contribution in [0.1, 0.15) is 15.9 Å². The van der Waals surface area contributed by atoms with E-state index in [1.807, 2.05) is 0 Å². The standard InChI is InChI=1S/C19H15FN4O3/c20-17-7-2-1-4-14(17)11-21-18-9-8-15(12-22-18)23-19(25)13-5-3-6-16(10-13)24(26)27/h1-10,12H,11H2,(H,21,22)(H,23,25). The lowest BCUT2D eigenvalue weighted by molar-refractivity contribution is -0.384. The molecule has 136 valence electrons. The number of carbonyl (C=O) groups is 1. The summed E-state index contributed by atoms with van der Waals surface area (Å²) in [6.07, 6.45) is 1.44. The van der Waals surface area contributed by atoms with Gasteiger partial charge in [-0.2, -0.15) is 0 Å². The van der Waals surface area contributed by atoms with Crippen molar-refractivity contribution >= 4 is 23.1 Å². The summed E-state index contributed by atoms with van der Waals surface area (Å²) in [7, 11) is 0. The molecule has 0 bridgehead atoms. The molecular formula is C19H15FN4O3. The van der Waals surface area contributed by atoms with Crippen LogP contribution in [0, 0.1) is 15.9 Å². The number of nitrogens with one attached hydrogen (secondary N) is 2. The molecule has 0 radical (unpaired) electrons. The number of amides is 1. The zero-order valence-electron chi connectivity index (χ0n) is 14.1. The number of rotatable bonds is 6. The molecule has 1 aromatic heterocycles. The maximum atomic E-state index is 13.6. The van der Waals surface area contributed by atoms with Crippen LogP contribution in [0.15, 0.2) is 66.9 Å². The van der Waals surface area contributed by atoms with Gasteiger partial charge in [0.15, 0.2) is 0 Å². The minimum absolute atomic E-state index is 0.159. The molecule has 2 aromatic carbocycles. The highest BCUT2D eigenvalue weighted by atomic mass is 19.1. The van der Waals surface area contributed by atoms with Crippen LogP contribution in [0.25, 0.3) is 0 Å². The molecule has 0 spiro atoms. The van der Waals surface area contributed by atoms with Gasteiger partial charge < -0.3 is 10.6 Å². The number of nitro benzene ring substituents is 1. The third kappa shape index (κ3) is 4.63. The molecule has 0 atom stereocenters. The second-order valence-corrected chi connectivity index (χ2v) is 5.64. The van der Waals surface area contributed by atoms with E-state index in [9.17, 15) is 19.3 Å². The molecule has 3 rings (SSSR count). The normalized spacial score (nSPS) is 10.3. The van der Waals surface area contributed by atoms with Gasteiger partial charge >= 0.3 is 0 Å². The maximum Gasteiger partial charge on any atom is 0.270 e. The Balaban J connectivity index is 1.62. The van der Waals surface area contributed by atoms with Gasteiger partial charge in [-0.15, -0.1) is 0 Å². The molecule has 3 aromatic rings. The van der Waals surface area contributed by atoms with Crippen LogP contribution in [0.5, 0.6) is 0 Å². The molecule has 0 saturated carbocycles. The Hall–Kier alpha value is -3.81. The lowest BCUT2D eigenvalue weighted by Crippen LogP contribution is -2.12. The van der Waals surface area contributed by atoms with Gasteiger partial charge in [-0.25, -0.2) is 9.37 Å². The maximum absolute atomic E-state index is 13.6. The third-order valence-corrected chi connectivity index (χ3v) is 3.76. The first-order valence-corrected chi connectivity index (χ1v) is 8.02. The molecular weight excluding hydrogens is 351 g/mol. The minimum Gasteiger partial charge on any atom is -0.366 e. The summed E-state index contributed by atoms with van der Waals surface area (Å²) >= 11 is 0. The van der Waals surface area contributed by atoms with Crippen LogP contribution in [-0.4, -0.2) is 15.8 Å². The molecule has 1 amide bonds. The van der Waals surface area contributed by atoms with Gasteiger partial charge in [0.05, 0.1) is 16.8 Å². The molecule has 7 nitrogen and oxygen atoms in total. The average molecular weight is 366 g/mol. The van der Waals surface area contributed by atoms with Crippen molar-refractivity contribution in [3.63, 3.8) is 0 Å². The quantitative estimate of drug-likeness (QED) is 0.508. The smallest absolute Gasteiger partial charge is 0.270 e. The number of halogens is 1. The number of hydrogen-bond donors (Lipinski definition) is 2. The molecule has 0 saturated heterocycles. The Morgan fingerprint density at radius 3 is 2.63 bits per heavy atom. The van der Waals surface area contributed by atoms with Gasteiger partial charge in [0, 0.05) is 29.8 Å². The summed E-state index contributed by atoms with van der Waals surface area (Å²) < 4.78 is 13.6. The lowest BCUT2D eigenvalue weighted by Gasteiger charge is -2.08. The number of nitro groups is 1. The topological polar surface area (TPSA) is 97.2 Å². The van der Waals surface area contributed by atoms with E-state index in [0.717, 1.165) is 0 Å². The first-order valence-electron chi connectivity index (χ1n) is 8.02. The molecule has 8 heteroatoms. The van der Waals surface area contributed by atoms with Crippen molar-refractivity contribution in [2.24, 2.45) is 0 Å². The summed E-state index contributed by atoms with van der Waals surface area (Å²) in [5.41, 5.74) is 0.963. The van der Waals surface area contributed by atoms with Crippen molar-refractivity contribution in [2.45, 2.75) is 6.54 Å². The first kappa shape index (κ1) is 18.0. The molecule has 27 heavy (non-hydrogen) atoms.